The lowest BCUT2D eigenvalue weighted by molar-refractivity contribution is -0.139. The number of aromatic nitrogens is 2. The largest absolute Gasteiger partial charge is 0.508 e. The topological polar surface area (TPSA) is 314 Å². The average molecular weight is 989 g/mol. The van der Waals surface area contributed by atoms with E-state index in [4.69, 9.17) is 10.5 Å². The summed E-state index contributed by atoms with van der Waals surface area (Å²) in [4.78, 5) is 104. The summed E-state index contributed by atoms with van der Waals surface area (Å²) in [5.74, 6) is -4.60. The zero-order valence-electron chi connectivity index (χ0n) is 39.3. The smallest absolute Gasteiger partial charge is 0.469 e. The highest BCUT2D eigenvalue weighted by Crippen LogP contribution is 2.38. The first kappa shape index (κ1) is 55.7. The van der Waals surface area contributed by atoms with E-state index in [9.17, 15) is 57.7 Å². The maximum absolute atomic E-state index is 14.8. The number of nitrogens with two attached hydrogens (primary N) is 1. The molecule has 1 aromatic heterocycles. The summed E-state index contributed by atoms with van der Waals surface area (Å²) in [5, 5.41) is 29.9. The van der Waals surface area contributed by atoms with Crippen LogP contribution >= 0.6 is 7.82 Å². The number of phosphoric ester groups is 1. The molecule has 0 saturated carbocycles. The van der Waals surface area contributed by atoms with Gasteiger partial charge in [0.2, 0.25) is 35.4 Å². The summed E-state index contributed by atoms with van der Waals surface area (Å²) in [6.07, 6.45) is 7.69. The Labute approximate surface area is 400 Å². The third-order valence-corrected chi connectivity index (χ3v) is 12.1. The lowest BCUT2D eigenvalue weighted by Crippen LogP contribution is -2.61. The number of aromatic hydroxyl groups is 1. The number of phenols is 1. The number of aliphatic hydroxyl groups excluding tert-OH is 1. The second-order valence-electron chi connectivity index (χ2n) is 17.5. The van der Waals surface area contributed by atoms with Crippen molar-refractivity contribution < 1.29 is 67.0 Å². The van der Waals surface area contributed by atoms with Gasteiger partial charge in [-0.2, -0.15) is 0 Å². The lowest BCUT2D eigenvalue weighted by atomic mass is 10.0. The Morgan fingerprint density at radius 1 is 0.899 bits per heavy atom. The van der Waals surface area contributed by atoms with Gasteiger partial charge in [-0.1, -0.05) is 51.7 Å². The van der Waals surface area contributed by atoms with E-state index in [1.807, 2.05) is 13.8 Å². The summed E-state index contributed by atoms with van der Waals surface area (Å²) >= 11 is 0. The van der Waals surface area contributed by atoms with Crippen molar-refractivity contribution in [3.8, 4) is 17.2 Å². The number of hydrogen-bond donors (Lipinski definition) is 9. The van der Waals surface area contributed by atoms with Gasteiger partial charge in [-0.3, -0.25) is 33.3 Å². The monoisotopic (exact) mass is 988 g/mol. The molecule has 1 aliphatic heterocycles. The Balaban J connectivity index is 1.43. The number of carbonyl (C=O) groups is 6. The van der Waals surface area contributed by atoms with E-state index in [2.05, 4.69) is 30.8 Å². The number of aliphatic hydroxyl groups is 1. The number of ether oxygens (including phenoxy) is 1. The fourth-order valence-corrected chi connectivity index (χ4v) is 8.61. The second kappa shape index (κ2) is 26.7. The molecular weight excluding hydrogens is 923 g/mol. The second-order valence-corrected chi connectivity index (χ2v) is 18.7. The number of amides is 6. The molecule has 0 radical (unpaired) electrons. The van der Waals surface area contributed by atoms with Crippen LogP contribution in [0, 0.1) is 11.7 Å². The minimum Gasteiger partial charge on any atom is -0.508 e. The number of hydrogen-bond acceptors (Lipinski definition) is 12. The molecule has 1 saturated heterocycles. The Morgan fingerprint density at radius 3 is 2.20 bits per heavy atom. The zero-order chi connectivity index (χ0) is 50.8. The van der Waals surface area contributed by atoms with Crippen molar-refractivity contribution in [1.29, 1.82) is 0 Å². The Hall–Kier alpha value is -5.93. The van der Waals surface area contributed by atoms with Crippen molar-refractivity contribution >= 4 is 43.3 Å². The predicted octanol–water partition coefficient (Wildman–Crippen LogP) is 2.62. The van der Waals surface area contributed by atoms with Gasteiger partial charge in [-0.05, 0) is 75.6 Å². The van der Waals surface area contributed by atoms with E-state index in [-0.39, 0.29) is 36.2 Å². The molecule has 6 atom stereocenters. The summed E-state index contributed by atoms with van der Waals surface area (Å²) in [7, 11) is -5.14. The number of carbonyl (C=O) groups excluding carboxylic acids is 6. The molecule has 23 heteroatoms. The highest BCUT2D eigenvalue weighted by molar-refractivity contribution is 7.46. The molecule has 1 aliphatic rings. The third-order valence-electron chi connectivity index (χ3n) is 11.5. The van der Waals surface area contributed by atoms with Gasteiger partial charge in [-0.25, -0.2) is 13.9 Å². The molecule has 2 heterocycles. The van der Waals surface area contributed by atoms with Crippen LogP contribution in [0.3, 0.4) is 0 Å². The number of phosphoric acid groups is 1. The molecular formula is C46H66FN8O13P. The van der Waals surface area contributed by atoms with Crippen LogP contribution in [0.1, 0.15) is 96.7 Å². The molecule has 4 rings (SSSR count). The first-order chi connectivity index (χ1) is 32.7. The summed E-state index contributed by atoms with van der Waals surface area (Å²) in [6.45, 7) is 5.94. The van der Waals surface area contributed by atoms with Crippen LogP contribution in [-0.4, -0.2) is 119 Å². The van der Waals surface area contributed by atoms with Crippen LogP contribution in [-0.2, 0) is 57.2 Å². The fourth-order valence-electron chi connectivity index (χ4n) is 8.06. The number of aryl methyl sites for hydroxylation is 1. The van der Waals surface area contributed by atoms with Gasteiger partial charge in [0.1, 0.15) is 53.3 Å². The fraction of sp³-hybridized carbons (Fsp3) is 0.543. The van der Waals surface area contributed by atoms with Gasteiger partial charge >= 0.3 is 7.82 Å². The average Bonchev–Trinajstić information content (AvgIpc) is 3.95. The van der Waals surface area contributed by atoms with Crippen molar-refractivity contribution in [3.63, 3.8) is 0 Å². The van der Waals surface area contributed by atoms with Gasteiger partial charge in [0.05, 0.1) is 19.0 Å². The van der Waals surface area contributed by atoms with Crippen LogP contribution in [0.4, 0.5) is 4.39 Å². The van der Waals surface area contributed by atoms with Crippen molar-refractivity contribution in [3.05, 3.63) is 72.1 Å². The number of likely N-dealkylation sites (tertiary alicyclic amines) is 1. The Morgan fingerprint density at radius 2 is 1.55 bits per heavy atom. The van der Waals surface area contributed by atoms with Crippen LogP contribution in [0.5, 0.6) is 17.2 Å². The molecule has 0 bridgehead atoms. The van der Waals surface area contributed by atoms with Gasteiger partial charge in [0.25, 0.3) is 0 Å². The normalized spacial score (nSPS) is 16.0. The highest BCUT2D eigenvalue weighted by atomic mass is 31.2. The maximum Gasteiger partial charge on any atom is 0.469 e. The minimum absolute atomic E-state index is 0.0351. The van der Waals surface area contributed by atoms with Crippen LogP contribution in [0.15, 0.2) is 55.0 Å². The van der Waals surface area contributed by atoms with E-state index in [0.29, 0.717) is 68.0 Å². The zero-order valence-corrected chi connectivity index (χ0v) is 40.2. The first-order valence-electron chi connectivity index (χ1n) is 23.0. The molecule has 6 amide bonds. The van der Waals surface area contributed by atoms with Crippen LogP contribution in [0.25, 0.3) is 0 Å². The van der Waals surface area contributed by atoms with E-state index in [0.717, 1.165) is 32.6 Å². The highest BCUT2D eigenvalue weighted by Gasteiger charge is 2.37. The van der Waals surface area contributed by atoms with Crippen molar-refractivity contribution in [2.75, 3.05) is 13.2 Å². The molecule has 1 fully saturated rings. The number of primary amides is 1. The number of halogens is 1. The van der Waals surface area contributed by atoms with E-state index in [1.165, 1.54) is 36.2 Å². The number of rotatable bonds is 28. The molecule has 0 aliphatic carbocycles. The summed E-state index contributed by atoms with van der Waals surface area (Å²) in [5.41, 5.74) is 6.33. The molecule has 3 aromatic rings. The van der Waals surface area contributed by atoms with Crippen LogP contribution in [0.2, 0.25) is 0 Å². The van der Waals surface area contributed by atoms with Crippen molar-refractivity contribution in [1.82, 2.24) is 35.7 Å². The molecule has 10 N–H and O–H groups in total. The van der Waals surface area contributed by atoms with Gasteiger partial charge in [0, 0.05) is 50.0 Å². The number of nitrogens with zero attached hydrogens (tertiary/aromatic N) is 3. The molecule has 0 spiro atoms. The molecule has 380 valence electrons. The summed E-state index contributed by atoms with van der Waals surface area (Å²) < 4.78 is 38.5. The summed E-state index contributed by atoms with van der Waals surface area (Å²) in [6, 6.07) is 3.99. The number of nitrogens with one attached hydrogen (secondary N) is 4. The van der Waals surface area contributed by atoms with Crippen molar-refractivity contribution in [2.24, 2.45) is 11.7 Å². The van der Waals surface area contributed by atoms with Gasteiger partial charge in [-0.15, -0.1) is 0 Å². The maximum atomic E-state index is 14.8. The lowest BCUT2D eigenvalue weighted by Gasteiger charge is -2.28. The molecule has 21 nitrogen and oxygen atoms in total. The van der Waals surface area contributed by atoms with Crippen molar-refractivity contribution in [2.45, 2.75) is 141 Å². The minimum atomic E-state index is -5.14. The van der Waals surface area contributed by atoms with E-state index < -0.39 is 80.3 Å². The third kappa shape index (κ3) is 17.8. The Kier molecular flexibility index (Phi) is 21.6. The number of benzene rings is 2. The SMILES string of the molecule is CC(=O)N1CCC[C@H]1C(=O)N[C@@H](CC(C)C)C(=O)N[C@@H](Cc1cncn1CCCCCCCCc1c(F)cccc1Oc1cccc(O)c1)C(=O)N[C@@H](CO)C(=O)N[C@H](C(N)=O)[C@@H](C)OP(=O)(O)O. The molecule has 0 unspecified atom stereocenters. The first-order valence-corrected chi connectivity index (χ1v) is 24.6. The number of imidazole rings is 1. The molecule has 69 heavy (non-hydrogen) atoms. The van der Waals surface area contributed by atoms with Crippen LogP contribution < -0.4 is 31.7 Å². The standard InChI is InChI=1S/C46H66FN8O13P/c1-28(2)22-36(51-46(63)39-18-13-21-55(39)30(4)57)43(60)50-37(44(61)52-38(26-56)45(62)53-41(42(48)59)29(3)68-69(64,65)66)23-31-25-49-27-54(31)20-10-8-6-5-7-9-16-34-35(47)17-12-19-40(34)67-33-15-11-14-32(58)24-33/h11-12,14-15,17,19,24-25,27-29,36-39,41,56,58H,5-10,13,16,18,20-23,26H2,1-4H3,(H2,48,59)(H,50,60)(H,51,63)(H,52,61)(H,53,62)(H2,64,65,66)/t29-,36+,37+,38+,39+,41+/m1/s1. The van der Waals surface area contributed by atoms with E-state index >= 15 is 0 Å². The Bertz CT molecular complexity index is 2280. The predicted molar refractivity (Wildman–Crippen MR) is 248 cm³/mol. The quantitative estimate of drug-likeness (QED) is 0.0373. The van der Waals surface area contributed by atoms with Gasteiger partial charge in [0.15, 0.2) is 0 Å². The van der Waals surface area contributed by atoms with E-state index in [1.54, 1.807) is 35.2 Å². The van der Waals surface area contributed by atoms with Gasteiger partial charge < -0.3 is 61.2 Å². The number of unbranched alkanes of at least 4 members (excludes halogenated alkanes) is 5. The number of phenolic OH excluding ortho intramolecular Hbond substituents is 1. The molecule has 2 aromatic carbocycles.